The number of halogens is 2. The van der Waals surface area contributed by atoms with Crippen molar-refractivity contribution >= 4 is 31.9 Å². The Hall–Kier alpha value is -1.04. The third kappa shape index (κ3) is 5.23. The number of phenols is 1. The van der Waals surface area contributed by atoms with E-state index in [-0.39, 0.29) is 12.4 Å². The van der Waals surface area contributed by atoms with E-state index >= 15 is 0 Å². The molecule has 0 bridgehead atoms. The Morgan fingerprint density at radius 1 is 1.04 bits per heavy atom. The molecule has 2 N–H and O–H groups in total. The minimum absolute atomic E-state index is 0.154. The summed E-state index contributed by atoms with van der Waals surface area (Å²) in [6, 6.07) is 11.4. The van der Waals surface area contributed by atoms with Crippen molar-refractivity contribution in [1.29, 1.82) is 0 Å². The minimum Gasteiger partial charge on any atom is -0.508 e. The molecule has 1 heterocycles. The highest BCUT2D eigenvalue weighted by atomic mass is 79.9. The second-order valence-electron chi connectivity index (χ2n) is 5.23. The topological polar surface area (TPSA) is 49.7 Å². The molecule has 0 atom stereocenters. The average Bonchev–Trinajstić information content (AvgIpc) is 2.56. The van der Waals surface area contributed by atoms with Gasteiger partial charge in [0, 0.05) is 26.7 Å². The lowest BCUT2D eigenvalue weighted by atomic mass is 10.1. The van der Waals surface area contributed by atoms with Gasteiger partial charge in [0.2, 0.25) is 0 Å². The third-order valence-electron chi connectivity index (χ3n) is 3.58. The molecule has 1 aliphatic heterocycles. The zero-order chi connectivity index (χ0) is 16.7. The Morgan fingerprint density at radius 2 is 1.78 bits per heavy atom. The number of hydrogen-bond acceptors (Lipinski definition) is 3. The summed E-state index contributed by atoms with van der Waals surface area (Å²) in [7, 11) is 0. The highest BCUT2D eigenvalue weighted by Crippen LogP contribution is 2.30. The van der Waals surface area contributed by atoms with Crippen molar-refractivity contribution in [3.63, 3.8) is 0 Å². The summed E-state index contributed by atoms with van der Waals surface area (Å²) in [5, 5.41) is 18.0. The molecule has 0 amide bonds. The maximum Gasteiger partial charge on any atom is 0.123 e. The lowest BCUT2D eigenvalue weighted by molar-refractivity contribution is 0.287. The molecule has 0 fully saturated rings. The van der Waals surface area contributed by atoms with Gasteiger partial charge >= 0.3 is 0 Å². The number of phenolic OH excluding ortho intramolecular Hbond substituents is 1. The van der Waals surface area contributed by atoms with Crippen molar-refractivity contribution in [2.24, 2.45) is 0 Å². The Balaban J connectivity index is 0.000000167. The van der Waals surface area contributed by atoms with Crippen LogP contribution in [0.3, 0.4) is 0 Å². The molecular formula is C18H20Br2O3. The number of aliphatic hydroxyl groups is 1. The molecule has 0 radical (unpaired) electrons. The third-order valence-corrected chi connectivity index (χ3v) is 5.07. The normalized spacial score (nSPS) is 12.7. The Labute approximate surface area is 153 Å². The van der Waals surface area contributed by atoms with Gasteiger partial charge in [0.1, 0.15) is 11.5 Å². The highest BCUT2D eigenvalue weighted by Gasteiger charge is 2.11. The Bertz CT molecular complexity index is 624. The van der Waals surface area contributed by atoms with Gasteiger partial charge in [0.05, 0.1) is 6.61 Å². The largest absolute Gasteiger partial charge is 0.508 e. The first kappa shape index (κ1) is 18.3. The molecule has 0 aliphatic carbocycles. The number of aromatic hydroxyl groups is 1. The number of fused-ring (bicyclic) bond motifs is 1. The highest BCUT2D eigenvalue weighted by molar-refractivity contribution is 9.10. The predicted octanol–water partition coefficient (Wildman–Crippen LogP) is 4.85. The molecule has 0 aromatic heterocycles. The molecule has 2 aromatic carbocycles. The van der Waals surface area contributed by atoms with Crippen LogP contribution in [0, 0.1) is 0 Å². The van der Waals surface area contributed by atoms with E-state index in [1.807, 2.05) is 18.2 Å². The SMILES string of the molecule is Brc1cccc2c1CCCO2.OCCCc1c(O)cccc1Br. The van der Waals surface area contributed by atoms with E-state index in [0.29, 0.717) is 12.8 Å². The summed E-state index contributed by atoms with van der Waals surface area (Å²) in [4.78, 5) is 0. The van der Waals surface area contributed by atoms with E-state index in [4.69, 9.17) is 9.84 Å². The van der Waals surface area contributed by atoms with Crippen molar-refractivity contribution < 1.29 is 14.9 Å². The van der Waals surface area contributed by atoms with Crippen LogP contribution in [0.15, 0.2) is 45.3 Å². The van der Waals surface area contributed by atoms with Crippen molar-refractivity contribution in [1.82, 2.24) is 0 Å². The fraction of sp³-hybridized carbons (Fsp3) is 0.333. The molecule has 124 valence electrons. The zero-order valence-electron chi connectivity index (χ0n) is 12.8. The molecule has 3 nitrogen and oxygen atoms in total. The van der Waals surface area contributed by atoms with Gasteiger partial charge in [-0.25, -0.2) is 0 Å². The van der Waals surface area contributed by atoms with Gasteiger partial charge in [-0.3, -0.25) is 0 Å². The van der Waals surface area contributed by atoms with Crippen molar-refractivity contribution in [3.05, 3.63) is 56.5 Å². The van der Waals surface area contributed by atoms with Gasteiger partial charge in [-0.15, -0.1) is 0 Å². The average molecular weight is 444 g/mol. The van der Waals surface area contributed by atoms with Crippen molar-refractivity contribution in [2.75, 3.05) is 13.2 Å². The van der Waals surface area contributed by atoms with Crippen molar-refractivity contribution in [3.8, 4) is 11.5 Å². The second-order valence-corrected chi connectivity index (χ2v) is 6.94. The first-order valence-corrected chi connectivity index (χ1v) is 9.19. The van der Waals surface area contributed by atoms with Crippen LogP contribution in [0.4, 0.5) is 0 Å². The molecule has 0 unspecified atom stereocenters. The van der Waals surface area contributed by atoms with Gasteiger partial charge in [-0.1, -0.05) is 44.0 Å². The van der Waals surface area contributed by atoms with E-state index in [1.165, 1.54) is 10.0 Å². The fourth-order valence-electron chi connectivity index (χ4n) is 2.40. The maximum absolute atomic E-state index is 9.41. The Morgan fingerprint density at radius 3 is 2.48 bits per heavy atom. The van der Waals surface area contributed by atoms with Crippen LogP contribution in [0.25, 0.3) is 0 Å². The monoisotopic (exact) mass is 442 g/mol. The molecule has 2 aromatic rings. The molecule has 1 aliphatic rings. The van der Waals surface area contributed by atoms with Crippen LogP contribution in [0.2, 0.25) is 0 Å². The van der Waals surface area contributed by atoms with Crippen LogP contribution in [0.5, 0.6) is 11.5 Å². The van der Waals surface area contributed by atoms with Gasteiger partial charge in [-0.2, -0.15) is 0 Å². The van der Waals surface area contributed by atoms with Gasteiger partial charge in [0.25, 0.3) is 0 Å². The van der Waals surface area contributed by atoms with Gasteiger partial charge in [0.15, 0.2) is 0 Å². The van der Waals surface area contributed by atoms with Crippen LogP contribution >= 0.6 is 31.9 Å². The van der Waals surface area contributed by atoms with Gasteiger partial charge in [-0.05, 0) is 49.9 Å². The number of hydrogen-bond donors (Lipinski definition) is 2. The molecular weight excluding hydrogens is 424 g/mol. The van der Waals surface area contributed by atoms with E-state index in [2.05, 4.69) is 37.9 Å². The summed E-state index contributed by atoms with van der Waals surface area (Å²) in [5.41, 5.74) is 2.19. The van der Waals surface area contributed by atoms with E-state index < -0.39 is 0 Å². The predicted molar refractivity (Wildman–Crippen MR) is 99.2 cm³/mol. The number of aliphatic hydroxyl groups excluding tert-OH is 1. The summed E-state index contributed by atoms with van der Waals surface area (Å²) in [6.45, 7) is 1.02. The molecule has 23 heavy (non-hydrogen) atoms. The van der Waals surface area contributed by atoms with E-state index in [1.54, 1.807) is 12.1 Å². The van der Waals surface area contributed by atoms with Crippen LogP contribution < -0.4 is 4.74 Å². The molecule has 3 rings (SSSR count). The van der Waals surface area contributed by atoms with Crippen LogP contribution in [-0.4, -0.2) is 23.4 Å². The molecule has 0 spiro atoms. The molecule has 0 saturated heterocycles. The minimum atomic E-state index is 0.154. The second kappa shape index (κ2) is 9.30. The molecule has 0 saturated carbocycles. The Kier molecular flexibility index (Phi) is 7.40. The molecule has 5 heteroatoms. The first-order chi connectivity index (χ1) is 11.1. The van der Waals surface area contributed by atoms with E-state index in [0.717, 1.165) is 35.2 Å². The standard InChI is InChI=1S/C9H11BrO2.C9H9BrO/c10-8-4-1-5-9(12)7(8)3-2-6-11;10-8-4-1-5-9-7(8)3-2-6-11-9/h1,4-5,11-12H,2-3,6H2;1,4-5H,2-3,6H2. The smallest absolute Gasteiger partial charge is 0.123 e. The summed E-state index contributed by atoms with van der Waals surface area (Å²) >= 11 is 6.84. The quantitative estimate of drug-likeness (QED) is 0.712. The number of rotatable bonds is 3. The first-order valence-electron chi connectivity index (χ1n) is 7.61. The zero-order valence-corrected chi connectivity index (χ0v) is 15.9. The van der Waals surface area contributed by atoms with Gasteiger partial charge < -0.3 is 14.9 Å². The lowest BCUT2D eigenvalue weighted by Gasteiger charge is -2.17. The summed E-state index contributed by atoms with van der Waals surface area (Å²) < 4.78 is 7.55. The fourth-order valence-corrected chi connectivity index (χ4v) is 3.50. The summed E-state index contributed by atoms with van der Waals surface area (Å²) in [5.74, 6) is 1.34. The number of ether oxygens (including phenoxy) is 1. The number of benzene rings is 2. The summed E-state index contributed by atoms with van der Waals surface area (Å²) in [6.07, 6.45) is 3.65. The van der Waals surface area contributed by atoms with E-state index in [9.17, 15) is 5.11 Å². The lowest BCUT2D eigenvalue weighted by Crippen LogP contribution is -2.08. The van der Waals surface area contributed by atoms with Crippen LogP contribution in [0.1, 0.15) is 24.0 Å². The van der Waals surface area contributed by atoms with Crippen molar-refractivity contribution in [2.45, 2.75) is 25.7 Å². The van der Waals surface area contributed by atoms with Crippen LogP contribution in [-0.2, 0) is 12.8 Å². The maximum atomic E-state index is 9.41.